The highest BCUT2D eigenvalue weighted by molar-refractivity contribution is 6.03. The van der Waals surface area contributed by atoms with Crippen molar-refractivity contribution in [1.82, 2.24) is 9.88 Å². The fraction of sp³-hybridized carbons (Fsp3) is 0.143. The SMILES string of the molecule is CNC(=O)/C(C#N)=C/c1cn(CCOc2ccccc2)c2ccccc12. The lowest BCUT2D eigenvalue weighted by atomic mass is 10.1. The van der Waals surface area contributed by atoms with Crippen molar-refractivity contribution in [1.29, 1.82) is 5.26 Å². The van der Waals surface area contributed by atoms with Crippen LogP contribution in [0.2, 0.25) is 0 Å². The van der Waals surface area contributed by atoms with E-state index in [2.05, 4.69) is 9.88 Å². The Balaban J connectivity index is 1.86. The van der Waals surface area contributed by atoms with Crippen LogP contribution in [0.4, 0.5) is 0 Å². The van der Waals surface area contributed by atoms with Crippen LogP contribution in [0, 0.1) is 11.3 Å². The molecule has 3 rings (SSSR count). The predicted octanol–water partition coefficient (Wildman–Crippen LogP) is 3.37. The number of hydrogen-bond donors (Lipinski definition) is 1. The Bertz CT molecular complexity index is 981. The maximum Gasteiger partial charge on any atom is 0.261 e. The molecular weight excluding hydrogens is 326 g/mol. The van der Waals surface area contributed by atoms with Gasteiger partial charge in [0.1, 0.15) is 24.0 Å². The molecule has 0 spiro atoms. The van der Waals surface area contributed by atoms with E-state index in [0.29, 0.717) is 13.2 Å². The summed E-state index contributed by atoms with van der Waals surface area (Å²) in [6, 6.07) is 19.5. The smallest absolute Gasteiger partial charge is 0.261 e. The van der Waals surface area contributed by atoms with Crippen molar-refractivity contribution in [2.45, 2.75) is 6.54 Å². The molecule has 1 aromatic heterocycles. The van der Waals surface area contributed by atoms with Gasteiger partial charge in [0.25, 0.3) is 5.91 Å². The quantitative estimate of drug-likeness (QED) is 0.550. The van der Waals surface area contributed by atoms with Crippen molar-refractivity contribution in [3.63, 3.8) is 0 Å². The molecule has 5 heteroatoms. The van der Waals surface area contributed by atoms with Crippen molar-refractivity contribution in [3.05, 3.63) is 71.9 Å². The Kier molecular flexibility index (Phi) is 5.35. The number of ether oxygens (including phenoxy) is 1. The minimum Gasteiger partial charge on any atom is -0.492 e. The first-order valence-corrected chi connectivity index (χ1v) is 8.32. The van der Waals surface area contributed by atoms with Gasteiger partial charge in [-0.15, -0.1) is 0 Å². The normalized spacial score (nSPS) is 11.2. The standard InChI is InChI=1S/C21H19N3O2/c1-23-21(25)16(14-22)13-17-15-24(20-10-6-5-9-19(17)20)11-12-26-18-7-3-2-4-8-18/h2-10,13,15H,11-12H2,1H3,(H,23,25)/b16-13+. The lowest BCUT2D eigenvalue weighted by Crippen LogP contribution is -2.19. The molecule has 1 N–H and O–H groups in total. The molecule has 2 aromatic carbocycles. The van der Waals surface area contributed by atoms with Gasteiger partial charge in [-0.2, -0.15) is 5.26 Å². The number of carbonyl (C=O) groups excluding carboxylic acids is 1. The summed E-state index contributed by atoms with van der Waals surface area (Å²) < 4.78 is 7.85. The second kappa shape index (κ2) is 8.04. The summed E-state index contributed by atoms with van der Waals surface area (Å²) in [6.07, 6.45) is 3.56. The highest BCUT2D eigenvalue weighted by Gasteiger charge is 2.11. The second-order valence-electron chi connectivity index (χ2n) is 5.71. The van der Waals surface area contributed by atoms with Gasteiger partial charge < -0.3 is 14.6 Å². The zero-order chi connectivity index (χ0) is 18.4. The van der Waals surface area contributed by atoms with Gasteiger partial charge in [0.15, 0.2) is 0 Å². The Morgan fingerprint density at radius 1 is 1.19 bits per heavy atom. The van der Waals surface area contributed by atoms with E-state index < -0.39 is 5.91 Å². The van der Waals surface area contributed by atoms with E-state index in [1.54, 1.807) is 6.08 Å². The first-order chi connectivity index (χ1) is 12.7. The molecule has 0 aliphatic rings. The number of nitrogens with one attached hydrogen (secondary N) is 1. The van der Waals surface area contributed by atoms with E-state index in [1.165, 1.54) is 7.05 Å². The maximum atomic E-state index is 11.8. The van der Waals surface area contributed by atoms with Crippen molar-refractivity contribution < 1.29 is 9.53 Å². The Hall–Kier alpha value is -3.52. The fourth-order valence-electron chi connectivity index (χ4n) is 2.79. The van der Waals surface area contributed by atoms with Crippen LogP contribution in [0.1, 0.15) is 5.56 Å². The van der Waals surface area contributed by atoms with Crippen LogP contribution in [-0.2, 0) is 11.3 Å². The highest BCUT2D eigenvalue weighted by Crippen LogP contribution is 2.23. The van der Waals surface area contributed by atoms with Gasteiger partial charge in [-0.05, 0) is 24.3 Å². The van der Waals surface area contributed by atoms with E-state index in [-0.39, 0.29) is 5.57 Å². The molecule has 0 saturated heterocycles. The summed E-state index contributed by atoms with van der Waals surface area (Å²) in [5, 5.41) is 12.7. The summed E-state index contributed by atoms with van der Waals surface area (Å²) >= 11 is 0. The maximum absolute atomic E-state index is 11.8. The molecule has 0 fully saturated rings. The molecule has 130 valence electrons. The average molecular weight is 345 g/mol. The molecule has 1 heterocycles. The van der Waals surface area contributed by atoms with Crippen molar-refractivity contribution >= 4 is 22.9 Å². The predicted molar refractivity (Wildman–Crippen MR) is 102 cm³/mol. The number of nitriles is 1. The molecule has 3 aromatic rings. The Morgan fingerprint density at radius 3 is 2.65 bits per heavy atom. The zero-order valence-corrected chi connectivity index (χ0v) is 14.5. The van der Waals surface area contributed by atoms with Crippen molar-refractivity contribution in [3.8, 4) is 11.8 Å². The van der Waals surface area contributed by atoms with Gasteiger partial charge >= 0.3 is 0 Å². The number of carbonyl (C=O) groups is 1. The largest absolute Gasteiger partial charge is 0.492 e. The van der Waals surface area contributed by atoms with Gasteiger partial charge in [-0.3, -0.25) is 4.79 Å². The number of nitrogens with zero attached hydrogens (tertiary/aromatic N) is 2. The second-order valence-corrected chi connectivity index (χ2v) is 5.71. The number of fused-ring (bicyclic) bond motifs is 1. The molecular formula is C21H19N3O2. The van der Waals surface area contributed by atoms with Gasteiger partial charge in [0.05, 0.1) is 6.54 Å². The molecule has 0 bridgehead atoms. The van der Waals surface area contributed by atoms with E-state index in [1.807, 2.05) is 66.9 Å². The van der Waals surface area contributed by atoms with E-state index in [0.717, 1.165) is 22.2 Å². The first kappa shape index (κ1) is 17.3. The van der Waals surface area contributed by atoms with Gasteiger partial charge in [0, 0.05) is 29.7 Å². The van der Waals surface area contributed by atoms with E-state index >= 15 is 0 Å². The number of rotatable bonds is 6. The number of amides is 1. The van der Waals surface area contributed by atoms with Crippen LogP contribution in [0.5, 0.6) is 5.75 Å². The summed E-state index contributed by atoms with van der Waals surface area (Å²) in [4.78, 5) is 11.8. The third-order valence-electron chi connectivity index (χ3n) is 4.06. The van der Waals surface area contributed by atoms with Gasteiger partial charge in [-0.25, -0.2) is 0 Å². The third-order valence-corrected chi connectivity index (χ3v) is 4.06. The van der Waals surface area contributed by atoms with Gasteiger partial charge in [-0.1, -0.05) is 36.4 Å². The topological polar surface area (TPSA) is 67.0 Å². The molecule has 0 saturated carbocycles. The van der Waals surface area contributed by atoms with Crippen LogP contribution in [-0.4, -0.2) is 24.1 Å². The number of likely N-dealkylation sites (N-methyl/N-ethyl adjacent to an activating group) is 1. The minimum absolute atomic E-state index is 0.0796. The van der Waals surface area contributed by atoms with Crippen LogP contribution in [0.25, 0.3) is 17.0 Å². The van der Waals surface area contributed by atoms with Crippen LogP contribution in [0.3, 0.4) is 0 Å². The van der Waals surface area contributed by atoms with Crippen LogP contribution < -0.4 is 10.1 Å². The molecule has 0 atom stereocenters. The molecule has 5 nitrogen and oxygen atoms in total. The van der Waals surface area contributed by atoms with Crippen LogP contribution in [0.15, 0.2) is 66.4 Å². The molecule has 0 radical (unpaired) electrons. The van der Waals surface area contributed by atoms with Crippen LogP contribution >= 0.6 is 0 Å². The molecule has 0 unspecified atom stereocenters. The lowest BCUT2D eigenvalue weighted by molar-refractivity contribution is -0.116. The van der Waals surface area contributed by atoms with E-state index in [4.69, 9.17) is 4.74 Å². The first-order valence-electron chi connectivity index (χ1n) is 8.32. The summed E-state index contributed by atoms with van der Waals surface area (Å²) in [7, 11) is 1.51. The number of para-hydroxylation sites is 2. The minimum atomic E-state index is -0.392. The monoisotopic (exact) mass is 345 g/mol. The molecule has 0 aliphatic carbocycles. The summed E-state index contributed by atoms with van der Waals surface area (Å²) in [5.41, 5.74) is 1.95. The third kappa shape index (κ3) is 3.76. The average Bonchev–Trinajstić information content (AvgIpc) is 3.04. The van der Waals surface area contributed by atoms with Gasteiger partial charge in [0.2, 0.25) is 0 Å². The van der Waals surface area contributed by atoms with E-state index in [9.17, 15) is 10.1 Å². The lowest BCUT2D eigenvalue weighted by Gasteiger charge is -2.08. The zero-order valence-electron chi connectivity index (χ0n) is 14.5. The Labute approximate surface area is 152 Å². The number of hydrogen-bond acceptors (Lipinski definition) is 3. The number of aromatic nitrogens is 1. The van der Waals surface area contributed by atoms with Crippen molar-refractivity contribution in [2.24, 2.45) is 0 Å². The molecule has 1 amide bonds. The fourth-order valence-corrected chi connectivity index (χ4v) is 2.79. The van der Waals surface area contributed by atoms with Crippen molar-refractivity contribution in [2.75, 3.05) is 13.7 Å². The molecule has 0 aliphatic heterocycles. The summed E-state index contributed by atoms with van der Waals surface area (Å²) in [6.45, 7) is 1.18. The Morgan fingerprint density at radius 2 is 1.92 bits per heavy atom. The molecule has 26 heavy (non-hydrogen) atoms. The highest BCUT2D eigenvalue weighted by atomic mass is 16.5. The number of benzene rings is 2. The summed E-state index contributed by atoms with van der Waals surface area (Å²) in [5.74, 6) is 0.437.